The number of hydrogen-bond acceptors (Lipinski definition) is 5. The molecule has 0 aliphatic carbocycles. The zero-order valence-electron chi connectivity index (χ0n) is 19.8. The molecule has 2 fully saturated rings. The summed E-state index contributed by atoms with van der Waals surface area (Å²) >= 11 is 0. The average molecular weight is 440 g/mol. The van der Waals surface area contributed by atoms with Crippen LogP contribution in [0.2, 0.25) is 0 Å². The van der Waals surface area contributed by atoms with Crippen molar-refractivity contribution in [3.8, 4) is 0 Å². The standard InChI is InChI=1S/C26H37N3O3/c1-19-24(20(2)32-28-19)9-12-27-25(30)26(10-14-31-15-11-26)17-21-6-4-7-22(16-21)23-8-5-13-29(3)18-23/h4,6-7,16,23H,5,8-15,17-18H2,1-3H3,(H,27,30)/t23-/m0/s1. The van der Waals surface area contributed by atoms with Crippen LogP contribution in [0, 0.1) is 19.3 Å². The first kappa shape index (κ1) is 23.0. The lowest BCUT2D eigenvalue weighted by Crippen LogP contribution is -2.46. The van der Waals surface area contributed by atoms with Crippen LogP contribution in [0.25, 0.3) is 0 Å². The maximum atomic E-state index is 13.4. The van der Waals surface area contributed by atoms with Gasteiger partial charge in [0.2, 0.25) is 5.91 Å². The number of amides is 1. The summed E-state index contributed by atoms with van der Waals surface area (Å²) in [6.45, 7) is 8.06. The summed E-state index contributed by atoms with van der Waals surface area (Å²) in [5, 5.41) is 7.24. The van der Waals surface area contributed by atoms with E-state index in [1.54, 1.807) is 0 Å². The fourth-order valence-electron chi connectivity index (χ4n) is 5.38. The van der Waals surface area contributed by atoms with Crippen LogP contribution in [-0.4, -0.2) is 55.9 Å². The van der Waals surface area contributed by atoms with Gasteiger partial charge in [-0.05, 0) is 83.0 Å². The van der Waals surface area contributed by atoms with Crippen molar-refractivity contribution in [2.45, 2.75) is 58.3 Å². The summed E-state index contributed by atoms with van der Waals surface area (Å²) in [5.74, 6) is 1.57. The highest BCUT2D eigenvalue weighted by Crippen LogP contribution is 2.36. The molecule has 0 saturated carbocycles. The molecule has 2 aromatic rings. The SMILES string of the molecule is Cc1noc(C)c1CCNC(=O)C1(Cc2cccc([C@H]3CCCN(C)C3)c2)CCOCC1. The van der Waals surface area contributed by atoms with Crippen molar-refractivity contribution in [2.75, 3.05) is 39.9 Å². The monoisotopic (exact) mass is 439 g/mol. The Hall–Kier alpha value is -2.18. The number of hydrogen-bond donors (Lipinski definition) is 1. The predicted octanol–water partition coefficient (Wildman–Crippen LogP) is 3.80. The maximum absolute atomic E-state index is 13.4. The van der Waals surface area contributed by atoms with Gasteiger partial charge in [-0.3, -0.25) is 4.79 Å². The zero-order chi connectivity index (χ0) is 22.6. The number of likely N-dealkylation sites (tertiary alicyclic amines) is 1. The molecule has 1 aromatic carbocycles. The number of rotatable bonds is 7. The highest BCUT2D eigenvalue weighted by atomic mass is 16.5. The minimum Gasteiger partial charge on any atom is -0.381 e. The van der Waals surface area contributed by atoms with E-state index < -0.39 is 5.41 Å². The smallest absolute Gasteiger partial charge is 0.226 e. The molecule has 6 nitrogen and oxygen atoms in total. The fourth-order valence-corrected chi connectivity index (χ4v) is 5.38. The summed E-state index contributed by atoms with van der Waals surface area (Å²) in [4.78, 5) is 15.9. The van der Waals surface area contributed by atoms with E-state index in [2.05, 4.69) is 46.7 Å². The molecule has 3 heterocycles. The van der Waals surface area contributed by atoms with Crippen LogP contribution in [0.5, 0.6) is 0 Å². The van der Waals surface area contributed by atoms with Crippen LogP contribution in [0.3, 0.4) is 0 Å². The van der Waals surface area contributed by atoms with Gasteiger partial charge in [-0.1, -0.05) is 29.4 Å². The van der Waals surface area contributed by atoms with E-state index in [0.29, 0.717) is 25.7 Å². The number of carbonyl (C=O) groups excluding carboxylic acids is 1. The molecule has 1 amide bonds. The molecular formula is C26H37N3O3. The molecule has 1 aromatic heterocycles. The van der Waals surface area contributed by atoms with Crippen molar-refractivity contribution < 1.29 is 14.1 Å². The Kier molecular flexibility index (Phi) is 7.31. The lowest BCUT2D eigenvalue weighted by molar-refractivity contribution is -0.136. The number of aryl methyl sites for hydroxylation is 2. The minimum absolute atomic E-state index is 0.148. The first-order valence-electron chi connectivity index (χ1n) is 12.0. The van der Waals surface area contributed by atoms with Crippen LogP contribution < -0.4 is 5.32 Å². The average Bonchev–Trinajstić information content (AvgIpc) is 3.12. The van der Waals surface area contributed by atoms with Gasteiger partial charge in [-0.2, -0.15) is 0 Å². The predicted molar refractivity (Wildman–Crippen MR) is 125 cm³/mol. The van der Waals surface area contributed by atoms with E-state index in [4.69, 9.17) is 9.26 Å². The number of aromatic nitrogens is 1. The zero-order valence-corrected chi connectivity index (χ0v) is 19.8. The first-order chi connectivity index (χ1) is 15.5. The minimum atomic E-state index is -0.404. The number of nitrogens with zero attached hydrogens (tertiary/aromatic N) is 2. The summed E-state index contributed by atoms with van der Waals surface area (Å²) in [6, 6.07) is 8.96. The topological polar surface area (TPSA) is 67.6 Å². The van der Waals surface area contributed by atoms with E-state index in [1.165, 1.54) is 30.5 Å². The van der Waals surface area contributed by atoms with E-state index in [1.807, 2.05) is 13.8 Å². The van der Waals surface area contributed by atoms with Crippen molar-refractivity contribution in [1.29, 1.82) is 0 Å². The highest BCUT2D eigenvalue weighted by Gasteiger charge is 2.40. The lowest BCUT2D eigenvalue weighted by atomic mass is 9.74. The van der Waals surface area contributed by atoms with Gasteiger partial charge in [0.25, 0.3) is 0 Å². The molecule has 4 rings (SSSR count). The Morgan fingerprint density at radius 1 is 1.28 bits per heavy atom. The molecule has 0 bridgehead atoms. The second-order valence-corrected chi connectivity index (χ2v) is 9.72. The number of ether oxygens (including phenoxy) is 1. The largest absolute Gasteiger partial charge is 0.381 e. The Bertz CT molecular complexity index is 897. The van der Waals surface area contributed by atoms with Crippen LogP contribution in [0.4, 0.5) is 0 Å². The third kappa shape index (κ3) is 5.24. The summed E-state index contributed by atoms with van der Waals surface area (Å²) in [5.41, 5.74) is 4.27. The van der Waals surface area contributed by atoms with Crippen LogP contribution in [-0.2, 0) is 22.4 Å². The summed E-state index contributed by atoms with van der Waals surface area (Å²) in [7, 11) is 2.21. The molecular weight excluding hydrogens is 402 g/mol. The molecule has 0 unspecified atom stereocenters. The normalized spacial score (nSPS) is 21.4. The molecule has 174 valence electrons. The third-order valence-electron chi connectivity index (χ3n) is 7.36. The summed E-state index contributed by atoms with van der Waals surface area (Å²) < 4.78 is 10.9. The molecule has 2 aliphatic rings. The van der Waals surface area contributed by atoms with Gasteiger partial charge in [0, 0.05) is 31.9 Å². The number of piperidine rings is 1. The van der Waals surface area contributed by atoms with E-state index in [0.717, 1.165) is 49.2 Å². The second-order valence-electron chi connectivity index (χ2n) is 9.72. The van der Waals surface area contributed by atoms with Crippen molar-refractivity contribution in [3.63, 3.8) is 0 Å². The number of likely N-dealkylation sites (N-methyl/N-ethyl adjacent to an activating group) is 1. The Labute approximate surface area is 191 Å². The van der Waals surface area contributed by atoms with Gasteiger partial charge >= 0.3 is 0 Å². The van der Waals surface area contributed by atoms with E-state index in [-0.39, 0.29) is 5.91 Å². The molecule has 0 radical (unpaired) electrons. The van der Waals surface area contributed by atoms with Crippen LogP contribution in [0.15, 0.2) is 28.8 Å². The van der Waals surface area contributed by atoms with Gasteiger partial charge < -0.3 is 19.5 Å². The molecule has 1 atom stereocenters. The van der Waals surface area contributed by atoms with E-state index >= 15 is 0 Å². The van der Waals surface area contributed by atoms with Gasteiger partial charge in [-0.15, -0.1) is 0 Å². The molecule has 2 aliphatic heterocycles. The van der Waals surface area contributed by atoms with Crippen molar-refractivity contribution >= 4 is 5.91 Å². The van der Waals surface area contributed by atoms with Crippen LogP contribution in [0.1, 0.15) is 59.7 Å². The van der Waals surface area contributed by atoms with Crippen molar-refractivity contribution in [3.05, 3.63) is 52.4 Å². The highest BCUT2D eigenvalue weighted by molar-refractivity contribution is 5.83. The van der Waals surface area contributed by atoms with Gasteiger partial charge in [0.05, 0.1) is 11.1 Å². The van der Waals surface area contributed by atoms with E-state index in [9.17, 15) is 4.79 Å². The first-order valence-corrected chi connectivity index (χ1v) is 12.0. The van der Waals surface area contributed by atoms with Gasteiger partial charge in [0.1, 0.15) is 5.76 Å². The maximum Gasteiger partial charge on any atom is 0.226 e. The Morgan fingerprint density at radius 3 is 2.81 bits per heavy atom. The molecule has 2 saturated heterocycles. The molecule has 6 heteroatoms. The molecule has 0 spiro atoms. The Morgan fingerprint density at radius 2 is 2.09 bits per heavy atom. The lowest BCUT2D eigenvalue weighted by Gasteiger charge is -2.36. The van der Waals surface area contributed by atoms with Gasteiger partial charge in [0.15, 0.2) is 0 Å². The van der Waals surface area contributed by atoms with Crippen LogP contribution >= 0.6 is 0 Å². The fraction of sp³-hybridized carbons (Fsp3) is 0.615. The molecule has 1 N–H and O–H groups in total. The van der Waals surface area contributed by atoms with Crippen molar-refractivity contribution in [1.82, 2.24) is 15.4 Å². The molecule has 32 heavy (non-hydrogen) atoms. The number of benzene rings is 1. The number of nitrogens with one attached hydrogen (secondary N) is 1. The number of carbonyl (C=O) groups is 1. The summed E-state index contributed by atoms with van der Waals surface area (Å²) in [6.07, 6.45) is 5.53. The Balaban J connectivity index is 1.44. The van der Waals surface area contributed by atoms with Gasteiger partial charge in [-0.25, -0.2) is 0 Å². The third-order valence-corrected chi connectivity index (χ3v) is 7.36. The van der Waals surface area contributed by atoms with Crippen molar-refractivity contribution in [2.24, 2.45) is 5.41 Å². The second kappa shape index (κ2) is 10.2. The quantitative estimate of drug-likeness (QED) is 0.711.